The standard InChI is InChI=1S/C20H26N4O5/c1-13(2)11-16(18(26)22-24-17(25)12-21-20(24)28)15(19(27)23-29)10-6-9-14-7-4-3-5-8-14/h3-9,13,15-16,29H,10-12H2,1-2H3,(H,21,28)(H,22,26)(H,23,27)/t15-,16+/m0/s1. The van der Waals surface area contributed by atoms with Gasteiger partial charge in [0, 0.05) is 0 Å². The molecule has 1 aromatic carbocycles. The van der Waals surface area contributed by atoms with Crippen LogP contribution in [0.25, 0.3) is 6.08 Å². The maximum atomic E-state index is 12.9. The lowest BCUT2D eigenvalue weighted by Crippen LogP contribution is -2.51. The van der Waals surface area contributed by atoms with Crippen LogP contribution in [0.15, 0.2) is 36.4 Å². The van der Waals surface area contributed by atoms with E-state index in [9.17, 15) is 24.4 Å². The largest absolute Gasteiger partial charge is 0.343 e. The molecule has 0 saturated carbocycles. The lowest BCUT2D eigenvalue weighted by Gasteiger charge is -2.27. The summed E-state index contributed by atoms with van der Waals surface area (Å²) in [6.07, 6.45) is 4.09. The second-order valence-corrected chi connectivity index (χ2v) is 7.23. The van der Waals surface area contributed by atoms with E-state index in [1.165, 1.54) is 0 Å². The number of hydrazine groups is 1. The molecule has 9 nitrogen and oxygen atoms in total. The third-order valence-corrected chi connectivity index (χ3v) is 4.56. The van der Waals surface area contributed by atoms with Crippen molar-refractivity contribution in [2.75, 3.05) is 6.54 Å². The molecule has 0 spiro atoms. The lowest BCUT2D eigenvalue weighted by atomic mass is 9.82. The minimum absolute atomic E-state index is 0.0564. The van der Waals surface area contributed by atoms with Crippen molar-refractivity contribution in [2.45, 2.75) is 26.7 Å². The number of benzene rings is 1. The Labute approximate surface area is 169 Å². The molecule has 1 aromatic rings. The van der Waals surface area contributed by atoms with Gasteiger partial charge in [-0.05, 0) is 24.3 Å². The Hall–Kier alpha value is -3.20. The number of nitrogens with zero attached hydrogens (tertiary/aromatic N) is 1. The van der Waals surface area contributed by atoms with Crippen LogP contribution in [0.2, 0.25) is 0 Å². The highest BCUT2D eigenvalue weighted by Gasteiger charge is 2.37. The molecule has 156 valence electrons. The van der Waals surface area contributed by atoms with Crippen LogP contribution in [-0.4, -0.2) is 40.5 Å². The first-order chi connectivity index (χ1) is 13.8. The van der Waals surface area contributed by atoms with Gasteiger partial charge in [0.15, 0.2) is 0 Å². The van der Waals surface area contributed by atoms with Gasteiger partial charge < -0.3 is 5.32 Å². The van der Waals surface area contributed by atoms with Crippen LogP contribution < -0.4 is 16.2 Å². The van der Waals surface area contributed by atoms with Crippen LogP contribution in [0.4, 0.5) is 4.79 Å². The molecule has 0 aromatic heterocycles. The highest BCUT2D eigenvalue weighted by molar-refractivity contribution is 6.03. The van der Waals surface area contributed by atoms with Crippen LogP contribution in [-0.2, 0) is 14.4 Å². The quantitative estimate of drug-likeness (QED) is 0.282. The van der Waals surface area contributed by atoms with Crippen molar-refractivity contribution in [1.29, 1.82) is 0 Å². The first-order valence-electron chi connectivity index (χ1n) is 9.40. The normalized spacial score (nSPS) is 16.1. The van der Waals surface area contributed by atoms with E-state index in [1.54, 1.807) is 11.6 Å². The van der Waals surface area contributed by atoms with Crippen molar-refractivity contribution >= 4 is 29.8 Å². The fourth-order valence-electron chi connectivity index (χ4n) is 3.14. The number of carbonyl (C=O) groups is 4. The molecule has 29 heavy (non-hydrogen) atoms. The molecule has 1 saturated heterocycles. The molecular formula is C20H26N4O5. The maximum Gasteiger partial charge on any atom is 0.343 e. The summed E-state index contributed by atoms with van der Waals surface area (Å²) >= 11 is 0. The van der Waals surface area contributed by atoms with Gasteiger partial charge in [0.1, 0.15) is 6.54 Å². The summed E-state index contributed by atoms with van der Waals surface area (Å²) in [5.74, 6) is -3.61. The summed E-state index contributed by atoms with van der Waals surface area (Å²) in [7, 11) is 0. The van der Waals surface area contributed by atoms with Crippen molar-refractivity contribution in [3.8, 4) is 0 Å². The Balaban J connectivity index is 2.19. The van der Waals surface area contributed by atoms with Gasteiger partial charge in [0.25, 0.3) is 5.91 Å². The lowest BCUT2D eigenvalue weighted by molar-refractivity contribution is -0.144. The minimum atomic E-state index is -0.886. The first kappa shape index (κ1) is 22.1. The average molecular weight is 402 g/mol. The summed E-state index contributed by atoms with van der Waals surface area (Å²) in [6, 6.07) is 8.72. The van der Waals surface area contributed by atoms with E-state index in [1.807, 2.05) is 50.3 Å². The van der Waals surface area contributed by atoms with Gasteiger partial charge in [-0.15, -0.1) is 0 Å². The summed E-state index contributed by atoms with van der Waals surface area (Å²) in [6.45, 7) is 3.58. The second-order valence-electron chi connectivity index (χ2n) is 7.23. The van der Waals surface area contributed by atoms with Gasteiger partial charge in [0.2, 0.25) is 11.8 Å². The molecule has 1 heterocycles. The zero-order valence-corrected chi connectivity index (χ0v) is 16.4. The molecule has 2 atom stereocenters. The van der Waals surface area contributed by atoms with E-state index in [4.69, 9.17) is 0 Å². The Morgan fingerprint density at radius 3 is 2.41 bits per heavy atom. The van der Waals surface area contributed by atoms with E-state index in [2.05, 4.69) is 10.7 Å². The second kappa shape index (κ2) is 10.4. The van der Waals surface area contributed by atoms with Crippen molar-refractivity contribution in [3.63, 3.8) is 0 Å². The highest BCUT2D eigenvalue weighted by atomic mass is 16.5. The average Bonchev–Trinajstić information content (AvgIpc) is 3.01. The number of carbonyl (C=O) groups excluding carboxylic acids is 4. The molecule has 9 heteroatoms. The summed E-state index contributed by atoms with van der Waals surface area (Å²) in [4.78, 5) is 48.6. The van der Waals surface area contributed by atoms with Crippen molar-refractivity contribution in [2.24, 2.45) is 17.8 Å². The number of amides is 5. The zero-order chi connectivity index (χ0) is 21.4. The molecule has 0 aliphatic carbocycles. The zero-order valence-electron chi connectivity index (χ0n) is 16.4. The van der Waals surface area contributed by atoms with Gasteiger partial charge in [-0.1, -0.05) is 56.3 Å². The molecule has 4 N–H and O–H groups in total. The third-order valence-electron chi connectivity index (χ3n) is 4.56. The number of urea groups is 1. The van der Waals surface area contributed by atoms with Gasteiger partial charge >= 0.3 is 6.03 Å². The smallest absolute Gasteiger partial charge is 0.327 e. The van der Waals surface area contributed by atoms with Gasteiger partial charge in [-0.3, -0.25) is 25.0 Å². The van der Waals surface area contributed by atoms with E-state index < -0.39 is 35.6 Å². The predicted molar refractivity (Wildman–Crippen MR) is 105 cm³/mol. The van der Waals surface area contributed by atoms with Gasteiger partial charge in [0.05, 0.1) is 11.8 Å². The van der Waals surface area contributed by atoms with Crippen LogP contribution in [0.1, 0.15) is 32.3 Å². The molecule has 0 unspecified atom stereocenters. The Bertz CT molecular complexity index is 762. The van der Waals surface area contributed by atoms with Gasteiger partial charge in [-0.25, -0.2) is 10.3 Å². The van der Waals surface area contributed by atoms with Crippen LogP contribution >= 0.6 is 0 Å². The molecule has 0 radical (unpaired) electrons. The Morgan fingerprint density at radius 2 is 1.86 bits per heavy atom. The Kier molecular flexibility index (Phi) is 7.90. The van der Waals surface area contributed by atoms with E-state index in [-0.39, 0.29) is 18.9 Å². The number of imide groups is 1. The number of allylic oxidation sites excluding steroid dienone is 1. The van der Waals surface area contributed by atoms with E-state index in [0.717, 1.165) is 5.56 Å². The topological polar surface area (TPSA) is 128 Å². The van der Waals surface area contributed by atoms with Gasteiger partial charge in [-0.2, -0.15) is 5.01 Å². The molecule has 0 bridgehead atoms. The fourth-order valence-corrected chi connectivity index (χ4v) is 3.14. The summed E-state index contributed by atoms with van der Waals surface area (Å²) in [5.41, 5.74) is 4.85. The SMILES string of the molecule is CC(C)C[C@@H](C(=O)NN1C(=O)CNC1=O)[C@H](CC=Cc1ccccc1)C(=O)NO. The molecule has 5 amide bonds. The number of hydroxylamine groups is 1. The van der Waals surface area contributed by atoms with Crippen molar-refractivity contribution in [1.82, 2.24) is 21.2 Å². The van der Waals surface area contributed by atoms with Crippen molar-refractivity contribution < 1.29 is 24.4 Å². The van der Waals surface area contributed by atoms with E-state index in [0.29, 0.717) is 11.4 Å². The third kappa shape index (κ3) is 6.15. The number of nitrogens with one attached hydrogen (secondary N) is 3. The van der Waals surface area contributed by atoms with E-state index >= 15 is 0 Å². The Morgan fingerprint density at radius 1 is 1.17 bits per heavy atom. The molecule has 1 aliphatic heterocycles. The minimum Gasteiger partial charge on any atom is -0.327 e. The predicted octanol–water partition coefficient (Wildman–Crippen LogP) is 1.46. The number of hydrogen-bond donors (Lipinski definition) is 4. The van der Waals surface area contributed by atoms with Crippen LogP contribution in [0, 0.1) is 17.8 Å². The molecule has 2 rings (SSSR count). The molecule has 1 aliphatic rings. The van der Waals surface area contributed by atoms with Crippen LogP contribution in [0.5, 0.6) is 0 Å². The number of rotatable bonds is 9. The fraction of sp³-hybridized carbons (Fsp3) is 0.400. The summed E-state index contributed by atoms with van der Waals surface area (Å²) in [5, 5.41) is 12.1. The summed E-state index contributed by atoms with van der Waals surface area (Å²) < 4.78 is 0. The highest BCUT2D eigenvalue weighted by Crippen LogP contribution is 2.25. The first-order valence-corrected chi connectivity index (χ1v) is 9.40. The van der Waals surface area contributed by atoms with Crippen LogP contribution in [0.3, 0.4) is 0 Å². The number of hydrogen-bond acceptors (Lipinski definition) is 5. The monoisotopic (exact) mass is 402 g/mol. The van der Waals surface area contributed by atoms with Crippen molar-refractivity contribution in [3.05, 3.63) is 42.0 Å². The molecular weight excluding hydrogens is 376 g/mol. The maximum absolute atomic E-state index is 12.9. The molecule has 1 fully saturated rings.